The van der Waals surface area contributed by atoms with Gasteiger partial charge in [-0.2, -0.15) is 15.0 Å². The molecule has 3 aromatic rings. The monoisotopic (exact) mass is 467 g/mol. The first kappa shape index (κ1) is 22.7. The Bertz CT molecular complexity index is 1160. The number of hydrogen-bond acceptors (Lipinski definition) is 8. The molecule has 0 atom stereocenters. The number of piperazine rings is 1. The fraction of sp³-hybridized carbons (Fsp3) is 0.318. The number of imidazole rings is 1. The van der Waals surface area contributed by atoms with Crippen LogP contribution >= 0.6 is 11.6 Å². The molecule has 0 spiro atoms. The van der Waals surface area contributed by atoms with Crippen molar-refractivity contribution in [2.75, 3.05) is 48.8 Å². The summed E-state index contributed by atoms with van der Waals surface area (Å²) < 4.78 is 1.63. The van der Waals surface area contributed by atoms with Crippen LogP contribution in [0.25, 0.3) is 6.08 Å². The average Bonchev–Trinajstić information content (AvgIpc) is 3.16. The first-order chi connectivity index (χ1) is 15.9. The van der Waals surface area contributed by atoms with E-state index in [-0.39, 0.29) is 5.91 Å². The molecule has 3 heterocycles. The minimum atomic E-state index is -0.324. The summed E-state index contributed by atoms with van der Waals surface area (Å²) >= 11 is 6.24. The SMILES string of the molecule is C=Cc1nc(Nc2ncc(C(=O)Nc3c(C)cccc3Cl)n2C)nc(N2CCN(C)CC2)n1. The van der Waals surface area contributed by atoms with Crippen molar-refractivity contribution in [2.24, 2.45) is 7.05 Å². The lowest BCUT2D eigenvalue weighted by molar-refractivity contribution is 0.101. The van der Waals surface area contributed by atoms with Crippen molar-refractivity contribution in [1.82, 2.24) is 29.4 Å². The zero-order chi connectivity index (χ0) is 23.5. The van der Waals surface area contributed by atoms with Crippen molar-refractivity contribution >= 4 is 47.1 Å². The van der Waals surface area contributed by atoms with Crippen LogP contribution in [0, 0.1) is 6.92 Å². The van der Waals surface area contributed by atoms with E-state index < -0.39 is 0 Å². The fourth-order valence-corrected chi connectivity index (χ4v) is 3.75. The van der Waals surface area contributed by atoms with E-state index >= 15 is 0 Å². The number of hydrogen-bond donors (Lipinski definition) is 2. The Morgan fingerprint density at radius 2 is 1.91 bits per heavy atom. The second-order valence-electron chi connectivity index (χ2n) is 7.85. The van der Waals surface area contributed by atoms with Crippen molar-refractivity contribution in [2.45, 2.75) is 6.92 Å². The number of aryl methyl sites for hydroxylation is 1. The van der Waals surface area contributed by atoms with Gasteiger partial charge in [0.2, 0.25) is 17.8 Å². The molecule has 1 fully saturated rings. The molecular formula is C22H26ClN9O. The van der Waals surface area contributed by atoms with Gasteiger partial charge in [-0.1, -0.05) is 30.3 Å². The van der Waals surface area contributed by atoms with Gasteiger partial charge in [-0.05, 0) is 31.7 Å². The fourth-order valence-electron chi connectivity index (χ4n) is 3.48. The van der Waals surface area contributed by atoms with Crippen LogP contribution in [-0.4, -0.2) is 68.5 Å². The summed E-state index contributed by atoms with van der Waals surface area (Å²) in [5.41, 5.74) is 1.80. The second kappa shape index (κ2) is 9.55. The third-order valence-corrected chi connectivity index (χ3v) is 5.83. The highest BCUT2D eigenvalue weighted by atomic mass is 35.5. The molecule has 2 aromatic heterocycles. The summed E-state index contributed by atoms with van der Waals surface area (Å²) in [6, 6.07) is 5.45. The van der Waals surface area contributed by atoms with Crippen molar-refractivity contribution in [3.63, 3.8) is 0 Å². The highest BCUT2D eigenvalue weighted by Crippen LogP contribution is 2.26. The van der Waals surface area contributed by atoms with E-state index in [1.165, 1.54) is 6.20 Å². The third kappa shape index (κ3) is 4.96. The summed E-state index contributed by atoms with van der Waals surface area (Å²) in [5.74, 6) is 1.47. The van der Waals surface area contributed by atoms with Crippen molar-refractivity contribution in [3.8, 4) is 0 Å². The third-order valence-electron chi connectivity index (χ3n) is 5.51. The van der Waals surface area contributed by atoms with Crippen LogP contribution in [0.3, 0.4) is 0 Å². The molecule has 1 aliphatic heterocycles. The summed E-state index contributed by atoms with van der Waals surface area (Å²) in [6.07, 6.45) is 3.07. The van der Waals surface area contributed by atoms with Crippen LogP contribution in [0.4, 0.5) is 23.5 Å². The van der Waals surface area contributed by atoms with Gasteiger partial charge in [-0.3, -0.25) is 10.1 Å². The molecule has 4 rings (SSSR count). The first-order valence-corrected chi connectivity index (χ1v) is 10.9. The molecule has 33 heavy (non-hydrogen) atoms. The number of nitrogens with one attached hydrogen (secondary N) is 2. The van der Waals surface area contributed by atoms with Gasteiger partial charge in [-0.25, -0.2) is 4.98 Å². The van der Waals surface area contributed by atoms with E-state index in [0.29, 0.717) is 40.1 Å². The maximum absolute atomic E-state index is 12.9. The van der Waals surface area contributed by atoms with E-state index in [4.69, 9.17) is 11.6 Å². The molecule has 2 N–H and O–H groups in total. The molecule has 1 amide bonds. The average molecular weight is 468 g/mol. The van der Waals surface area contributed by atoms with Crippen LogP contribution < -0.4 is 15.5 Å². The Kier molecular flexibility index (Phi) is 6.57. The molecule has 1 aliphatic rings. The number of amides is 1. The molecule has 11 heteroatoms. The van der Waals surface area contributed by atoms with Gasteiger partial charge in [-0.15, -0.1) is 0 Å². The zero-order valence-electron chi connectivity index (χ0n) is 18.8. The van der Waals surface area contributed by atoms with Gasteiger partial charge >= 0.3 is 0 Å². The molecule has 10 nitrogen and oxygen atoms in total. The number of anilines is 4. The van der Waals surface area contributed by atoms with Crippen LogP contribution in [0.2, 0.25) is 5.02 Å². The van der Waals surface area contributed by atoms with E-state index in [0.717, 1.165) is 31.7 Å². The van der Waals surface area contributed by atoms with Gasteiger partial charge < -0.3 is 19.7 Å². The number of aromatic nitrogens is 5. The van der Waals surface area contributed by atoms with E-state index in [1.54, 1.807) is 23.8 Å². The Balaban J connectivity index is 1.55. The van der Waals surface area contributed by atoms with Crippen molar-refractivity contribution < 1.29 is 4.79 Å². The van der Waals surface area contributed by atoms with Crippen LogP contribution in [0.15, 0.2) is 31.0 Å². The molecule has 0 radical (unpaired) electrons. The zero-order valence-corrected chi connectivity index (χ0v) is 19.6. The number of likely N-dealkylation sites (N-methyl/N-ethyl adjacent to an activating group) is 1. The highest BCUT2D eigenvalue weighted by Gasteiger charge is 2.20. The molecule has 0 bridgehead atoms. The quantitative estimate of drug-likeness (QED) is 0.570. The lowest BCUT2D eigenvalue weighted by Crippen LogP contribution is -2.45. The number of halogens is 1. The number of para-hydroxylation sites is 1. The van der Waals surface area contributed by atoms with Gasteiger partial charge in [0.1, 0.15) is 5.69 Å². The maximum atomic E-state index is 12.9. The Morgan fingerprint density at radius 3 is 2.61 bits per heavy atom. The highest BCUT2D eigenvalue weighted by molar-refractivity contribution is 6.34. The van der Waals surface area contributed by atoms with Gasteiger partial charge in [0, 0.05) is 33.2 Å². The van der Waals surface area contributed by atoms with Gasteiger partial charge in [0.25, 0.3) is 5.91 Å². The largest absolute Gasteiger partial charge is 0.338 e. The number of benzene rings is 1. The molecule has 0 saturated carbocycles. The Morgan fingerprint density at radius 1 is 1.15 bits per heavy atom. The normalized spacial score (nSPS) is 14.2. The predicted octanol–water partition coefficient (Wildman–Crippen LogP) is 2.96. The first-order valence-electron chi connectivity index (χ1n) is 10.5. The number of carbonyl (C=O) groups excluding carboxylic acids is 1. The second-order valence-corrected chi connectivity index (χ2v) is 8.26. The summed E-state index contributed by atoms with van der Waals surface area (Å²) in [6.45, 7) is 9.18. The number of nitrogens with zero attached hydrogens (tertiary/aromatic N) is 7. The summed E-state index contributed by atoms with van der Waals surface area (Å²) in [4.78, 5) is 35.0. The van der Waals surface area contributed by atoms with Gasteiger partial charge in [0.05, 0.1) is 16.9 Å². The van der Waals surface area contributed by atoms with Crippen molar-refractivity contribution in [3.05, 3.63) is 53.1 Å². The standard InChI is InChI=1S/C22H26ClN9O/c1-5-17-25-20(29-22(26-17)32-11-9-30(3)10-12-32)28-21-24-13-16(31(21)4)19(33)27-18-14(2)7-6-8-15(18)23/h5-8,13H,1,9-12H2,2-4H3,(H,27,33)(H,24,25,26,28,29). The van der Waals surface area contributed by atoms with Crippen LogP contribution in [0.1, 0.15) is 21.9 Å². The minimum absolute atomic E-state index is 0.324. The van der Waals surface area contributed by atoms with Crippen molar-refractivity contribution in [1.29, 1.82) is 0 Å². The number of rotatable bonds is 6. The Hall–Kier alpha value is -3.50. The lowest BCUT2D eigenvalue weighted by Gasteiger charge is -2.32. The maximum Gasteiger partial charge on any atom is 0.274 e. The molecule has 0 aliphatic carbocycles. The molecular weight excluding hydrogens is 442 g/mol. The summed E-state index contributed by atoms with van der Waals surface area (Å²) in [5, 5.41) is 6.43. The molecule has 1 saturated heterocycles. The topological polar surface area (TPSA) is 104 Å². The van der Waals surface area contributed by atoms with E-state index in [9.17, 15) is 4.79 Å². The number of carbonyl (C=O) groups is 1. The van der Waals surface area contributed by atoms with Crippen LogP contribution in [-0.2, 0) is 7.05 Å². The smallest absolute Gasteiger partial charge is 0.274 e. The lowest BCUT2D eigenvalue weighted by atomic mass is 10.2. The predicted molar refractivity (Wildman–Crippen MR) is 130 cm³/mol. The Labute approximate surface area is 197 Å². The molecule has 0 unspecified atom stereocenters. The molecule has 1 aromatic carbocycles. The summed E-state index contributed by atoms with van der Waals surface area (Å²) in [7, 11) is 3.83. The van der Waals surface area contributed by atoms with Crippen LogP contribution in [0.5, 0.6) is 0 Å². The van der Waals surface area contributed by atoms with Gasteiger partial charge in [0.15, 0.2) is 5.82 Å². The van der Waals surface area contributed by atoms with E-state index in [2.05, 4.69) is 54.0 Å². The minimum Gasteiger partial charge on any atom is -0.338 e. The van der Waals surface area contributed by atoms with E-state index in [1.807, 2.05) is 19.1 Å². The molecule has 172 valence electrons.